The third-order valence-electron chi connectivity index (χ3n) is 4.43. The van der Waals surface area contributed by atoms with Crippen LogP contribution in [-0.4, -0.2) is 22.5 Å². The summed E-state index contributed by atoms with van der Waals surface area (Å²) >= 11 is 5.73. The highest BCUT2D eigenvalue weighted by Crippen LogP contribution is 2.53. The summed E-state index contributed by atoms with van der Waals surface area (Å²) in [5.74, 6) is 0. The summed E-state index contributed by atoms with van der Waals surface area (Å²) in [6, 6.07) is 0. The van der Waals surface area contributed by atoms with E-state index < -0.39 is 5.60 Å². The van der Waals surface area contributed by atoms with Gasteiger partial charge < -0.3 is 10.1 Å². The highest BCUT2D eigenvalue weighted by molar-refractivity contribution is 6.64. The molecule has 3 fully saturated rings. The lowest BCUT2D eigenvalue weighted by atomic mass is 9.58. The van der Waals surface area contributed by atoms with Gasteiger partial charge in [-0.1, -0.05) is 0 Å². The van der Waals surface area contributed by atoms with Gasteiger partial charge in [0.1, 0.15) is 5.60 Å². The molecule has 0 unspecified atom stereocenters. The minimum atomic E-state index is -0.486. The molecule has 4 nitrogen and oxygen atoms in total. The van der Waals surface area contributed by atoms with Crippen molar-refractivity contribution < 1.29 is 14.3 Å². The normalized spacial score (nSPS) is 33.9. The molecule has 0 radical (unpaired) electrons. The molecule has 108 valence electrons. The first-order chi connectivity index (χ1) is 8.67. The van der Waals surface area contributed by atoms with E-state index >= 15 is 0 Å². The van der Waals surface area contributed by atoms with Crippen molar-refractivity contribution in [1.82, 2.24) is 5.32 Å². The molecule has 0 heterocycles. The van der Waals surface area contributed by atoms with Crippen LogP contribution in [0.2, 0.25) is 0 Å². The summed E-state index contributed by atoms with van der Waals surface area (Å²) in [4.78, 5) is 23.4. The quantitative estimate of drug-likeness (QED) is 0.792. The standard InChI is InChI=1S/C14H22ClNO3/c1-12(2,3)19-11(18)16-14-7-4-13(5-8-14,6-9-14)10(15)17/h4-9H2,1-3H3,(H,16,18). The van der Waals surface area contributed by atoms with Crippen molar-refractivity contribution in [2.24, 2.45) is 5.41 Å². The topological polar surface area (TPSA) is 55.4 Å². The van der Waals surface area contributed by atoms with E-state index in [0.29, 0.717) is 0 Å². The second-order valence-electron chi connectivity index (χ2n) is 6.96. The predicted octanol–water partition coefficient (Wildman–Crippen LogP) is 3.37. The number of hydrogen-bond donors (Lipinski definition) is 1. The molecule has 3 saturated carbocycles. The van der Waals surface area contributed by atoms with Crippen molar-refractivity contribution in [2.45, 2.75) is 70.4 Å². The Labute approximate surface area is 119 Å². The van der Waals surface area contributed by atoms with Crippen LogP contribution in [0.4, 0.5) is 4.79 Å². The molecule has 1 amide bonds. The molecule has 0 aromatic heterocycles. The molecule has 1 N–H and O–H groups in total. The summed E-state index contributed by atoms with van der Waals surface area (Å²) < 4.78 is 5.31. The second-order valence-corrected chi connectivity index (χ2v) is 7.30. The van der Waals surface area contributed by atoms with E-state index in [1.54, 1.807) is 0 Å². The van der Waals surface area contributed by atoms with Crippen molar-refractivity contribution in [1.29, 1.82) is 0 Å². The van der Waals surface area contributed by atoms with E-state index in [1.165, 1.54) is 0 Å². The fourth-order valence-corrected chi connectivity index (χ4v) is 3.47. The summed E-state index contributed by atoms with van der Waals surface area (Å²) in [5, 5.41) is 2.81. The van der Waals surface area contributed by atoms with Gasteiger partial charge in [-0.3, -0.25) is 4.79 Å². The highest BCUT2D eigenvalue weighted by atomic mass is 35.5. The lowest BCUT2D eigenvalue weighted by Gasteiger charge is -2.51. The Balaban J connectivity index is 1.97. The van der Waals surface area contributed by atoms with Crippen LogP contribution < -0.4 is 5.32 Å². The molecule has 0 aromatic rings. The largest absolute Gasteiger partial charge is 0.444 e. The van der Waals surface area contributed by atoms with Crippen LogP contribution in [0.5, 0.6) is 0 Å². The Kier molecular flexibility index (Phi) is 3.58. The van der Waals surface area contributed by atoms with Gasteiger partial charge >= 0.3 is 6.09 Å². The Hall–Kier alpha value is -0.770. The Morgan fingerprint density at radius 1 is 1.05 bits per heavy atom. The molecule has 2 bridgehead atoms. The van der Waals surface area contributed by atoms with E-state index in [2.05, 4.69) is 5.32 Å². The maximum Gasteiger partial charge on any atom is 0.408 e. The molecule has 0 spiro atoms. The van der Waals surface area contributed by atoms with E-state index in [9.17, 15) is 9.59 Å². The number of fused-ring (bicyclic) bond motifs is 3. The predicted molar refractivity (Wildman–Crippen MR) is 73.1 cm³/mol. The average Bonchev–Trinajstić information content (AvgIpc) is 2.27. The van der Waals surface area contributed by atoms with Gasteiger partial charge in [0.2, 0.25) is 5.24 Å². The molecule has 0 aliphatic heterocycles. The number of hydrogen-bond acceptors (Lipinski definition) is 3. The van der Waals surface area contributed by atoms with Crippen LogP contribution in [0.1, 0.15) is 59.3 Å². The number of nitrogens with one attached hydrogen (secondary N) is 1. The van der Waals surface area contributed by atoms with Crippen LogP contribution in [0.3, 0.4) is 0 Å². The van der Waals surface area contributed by atoms with Crippen molar-refractivity contribution in [3.05, 3.63) is 0 Å². The first-order valence-electron chi connectivity index (χ1n) is 6.88. The zero-order valence-corrected chi connectivity index (χ0v) is 12.6. The molecule has 0 atom stereocenters. The number of carbonyl (C=O) groups is 2. The van der Waals surface area contributed by atoms with Crippen molar-refractivity contribution in [3.8, 4) is 0 Å². The molecule has 3 rings (SSSR count). The minimum absolute atomic E-state index is 0.198. The average molecular weight is 288 g/mol. The third kappa shape index (κ3) is 3.04. The molecule has 3 aliphatic rings. The Morgan fingerprint density at radius 2 is 1.53 bits per heavy atom. The van der Waals surface area contributed by atoms with Crippen molar-refractivity contribution in [3.63, 3.8) is 0 Å². The van der Waals surface area contributed by atoms with E-state index in [4.69, 9.17) is 16.3 Å². The monoisotopic (exact) mass is 287 g/mol. The van der Waals surface area contributed by atoms with Gasteiger partial charge in [-0.05, 0) is 70.9 Å². The lowest BCUT2D eigenvalue weighted by Crippen LogP contribution is -2.58. The van der Waals surface area contributed by atoms with Crippen LogP contribution in [-0.2, 0) is 9.53 Å². The van der Waals surface area contributed by atoms with Crippen LogP contribution >= 0.6 is 11.6 Å². The first-order valence-corrected chi connectivity index (χ1v) is 7.25. The molecular weight excluding hydrogens is 266 g/mol. The van der Waals surface area contributed by atoms with Gasteiger partial charge in [0.25, 0.3) is 0 Å². The van der Waals surface area contributed by atoms with E-state index in [0.717, 1.165) is 38.5 Å². The van der Waals surface area contributed by atoms with Gasteiger partial charge in [0, 0.05) is 11.0 Å². The molecule has 0 saturated heterocycles. The highest BCUT2D eigenvalue weighted by Gasteiger charge is 2.52. The third-order valence-corrected chi connectivity index (χ3v) is 4.83. The number of carbonyl (C=O) groups excluding carboxylic acids is 2. The molecule has 0 aromatic carbocycles. The number of halogens is 1. The molecule has 3 aliphatic carbocycles. The fourth-order valence-electron chi connectivity index (χ4n) is 3.19. The second kappa shape index (κ2) is 4.65. The summed E-state index contributed by atoms with van der Waals surface area (Å²) in [6.07, 6.45) is 4.38. The van der Waals surface area contributed by atoms with E-state index in [-0.39, 0.29) is 22.3 Å². The van der Waals surface area contributed by atoms with Gasteiger partial charge in [-0.15, -0.1) is 0 Å². The molecule has 19 heavy (non-hydrogen) atoms. The Morgan fingerprint density at radius 3 is 1.89 bits per heavy atom. The van der Waals surface area contributed by atoms with Crippen molar-refractivity contribution >= 4 is 22.9 Å². The van der Waals surface area contributed by atoms with E-state index in [1.807, 2.05) is 20.8 Å². The lowest BCUT2D eigenvalue weighted by molar-refractivity contribution is -0.127. The van der Waals surface area contributed by atoms with Gasteiger partial charge in [0.15, 0.2) is 0 Å². The van der Waals surface area contributed by atoms with Gasteiger partial charge in [-0.25, -0.2) is 4.79 Å². The summed E-state index contributed by atoms with van der Waals surface area (Å²) in [5.41, 5.74) is -1.02. The maximum absolute atomic E-state index is 11.9. The number of ether oxygens (including phenoxy) is 1. The number of rotatable bonds is 2. The minimum Gasteiger partial charge on any atom is -0.444 e. The molecule has 5 heteroatoms. The first kappa shape index (κ1) is 14.6. The van der Waals surface area contributed by atoms with Crippen LogP contribution in [0, 0.1) is 5.41 Å². The smallest absolute Gasteiger partial charge is 0.408 e. The zero-order valence-electron chi connectivity index (χ0n) is 11.8. The molecular formula is C14H22ClNO3. The summed E-state index contributed by atoms with van der Waals surface area (Å²) in [7, 11) is 0. The SMILES string of the molecule is CC(C)(C)OC(=O)NC12CCC(C(=O)Cl)(CC1)CC2. The number of amides is 1. The fraction of sp³-hybridized carbons (Fsp3) is 0.857. The maximum atomic E-state index is 11.9. The number of alkyl carbamates (subject to hydrolysis) is 1. The Bertz CT molecular complexity index is 375. The van der Waals surface area contributed by atoms with Gasteiger partial charge in [-0.2, -0.15) is 0 Å². The summed E-state index contributed by atoms with van der Waals surface area (Å²) in [6.45, 7) is 5.55. The van der Waals surface area contributed by atoms with Crippen molar-refractivity contribution in [2.75, 3.05) is 0 Å². The van der Waals surface area contributed by atoms with Crippen LogP contribution in [0.15, 0.2) is 0 Å². The zero-order chi connectivity index (χ0) is 14.3. The van der Waals surface area contributed by atoms with Gasteiger partial charge in [0.05, 0.1) is 0 Å². The van der Waals surface area contributed by atoms with Crippen LogP contribution in [0.25, 0.3) is 0 Å².